The molecule has 6 heteroatoms. The van der Waals surface area contributed by atoms with Crippen molar-refractivity contribution >= 4 is 0 Å². The number of imidazole rings is 1. The molecule has 2 aromatic heterocycles. The number of hydrogen-bond acceptors (Lipinski definition) is 5. The first-order valence-corrected chi connectivity index (χ1v) is 6.64. The lowest BCUT2D eigenvalue weighted by Gasteiger charge is -2.07. The van der Waals surface area contributed by atoms with Crippen LogP contribution in [0.4, 0.5) is 0 Å². The van der Waals surface area contributed by atoms with Crippen LogP contribution in [0.1, 0.15) is 44.9 Å². The van der Waals surface area contributed by atoms with Crippen LogP contribution in [0.25, 0.3) is 11.6 Å². The minimum atomic E-state index is 0.248. The fourth-order valence-corrected chi connectivity index (χ4v) is 1.98. The van der Waals surface area contributed by atoms with Gasteiger partial charge >= 0.3 is 0 Å². The van der Waals surface area contributed by atoms with Gasteiger partial charge in [-0.2, -0.15) is 4.98 Å². The predicted octanol–water partition coefficient (Wildman–Crippen LogP) is 2.09. The summed E-state index contributed by atoms with van der Waals surface area (Å²) in [5.41, 5.74) is 5.74. The summed E-state index contributed by atoms with van der Waals surface area (Å²) in [5.74, 6) is 2.18. The van der Waals surface area contributed by atoms with Crippen molar-refractivity contribution in [2.45, 2.75) is 45.1 Å². The molecule has 0 amide bonds. The Bertz CT molecular complexity index is 517. The maximum atomic E-state index is 5.74. The molecule has 2 N–H and O–H groups in total. The third-order valence-electron chi connectivity index (χ3n) is 3.18. The molecule has 2 rings (SSSR count). The van der Waals surface area contributed by atoms with Crippen LogP contribution in [0, 0.1) is 0 Å². The van der Waals surface area contributed by atoms with E-state index < -0.39 is 0 Å². The van der Waals surface area contributed by atoms with E-state index in [1.165, 1.54) is 0 Å². The number of nitrogens with two attached hydrogens (primary N) is 1. The Balaban J connectivity index is 1.99. The molecule has 0 saturated carbocycles. The fraction of sp³-hybridized carbons (Fsp3) is 0.615. The number of aryl methyl sites for hydroxylation is 1. The van der Waals surface area contributed by atoms with Gasteiger partial charge < -0.3 is 14.8 Å². The Hall–Kier alpha value is -1.69. The van der Waals surface area contributed by atoms with Gasteiger partial charge in [0, 0.05) is 31.4 Å². The third kappa shape index (κ3) is 3.41. The van der Waals surface area contributed by atoms with Gasteiger partial charge in [-0.15, -0.1) is 0 Å². The molecule has 2 heterocycles. The molecule has 0 spiro atoms. The van der Waals surface area contributed by atoms with Gasteiger partial charge in [0.25, 0.3) is 0 Å². The Morgan fingerprint density at radius 3 is 2.79 bits per heavy atom. The first kappa shape index (κ1) is 13.7. The number of hydrogen-bond donors (Lipinski definition) is 1. The summed E-state index contributed by atoms with van der Waals surface area (Å²) in [6.07, 6.45) is 6.67. The van der Waals surface area contributed by atoms with Gasteiger partial charge in [-0.05, 0) is 19.8 Å². The second-order valence-electron chi connectivity index (χ2n) is 5.13. The first-order valence-electron chi connectivity index (χ1n) is 6.64. The van der Waals surface area contributed by atoms with Crippen LogP contribution in [0.5, 0.6) is 0 Å². The second-order valence-corrected chi connectivity index (χ2v) is 5.13. The maximum absolute atomic E-state index is 5.74. The molecule has 0 aliphatic carbocycles. The highest BCUT2D eigenvalue weighted by Gasteiger charge is 2.17. The Kier molecular flexibility index (Phi) is 4.31. The van der Waals surface area contributed by atoms with E-state index >= 15 is 0 Å². The van der Waals surface area contributed by atoms with Gasteiger partial charge in [-0.1, -0.05) is 18.5 Å². The Labute approximate surface area is 113 Å². The molecule has 0 fully saturated rings. The van der Waals surface area contributed by atoms with E-state index in [4.69, 9.17) is 10.3 Å². The van der Waals surface area contributed by atoms with Gasteiger partial charge in [0.05, 0.1) is 0 Å². The molecule has 104 valence electrons. The van der Waals surface area contributed by atoms with Crippen molar-refractivity contribution in [1.29, 1.82) is 0 Å². The molecule has 2 unspecified atom stereocenters. The lowest BCUT2D eigenvalue weighted by atomic mass is 10.0. The Morgan fingerprint density at radius 2 is 2.16 bits per heavy atom. The maximum Gasteiger partial charge on any atom is 0.238 e. The zero-order valence-electron chi connectivity index (χ0n) is 11.7. The molecule has 2 atom stereocenters. The van der Waals surface area contributed by atoms with E-state index in [0.717, 1.165) is 25.1 Å². The molecule has 6 nitrogen and oxygen atoms in total. The van der Waals surface area contributed by atoms with Crippen LogP contribution in [0.2, 0.25) is 0 Å². The van der Waals surface area contributed by atoms with Gasteiger partial charge in [-0.25, -0.2) is 4.98 Å². The summed E-state index contributed by atoms with van der Waals surface area (Å²) in [7, 11) is 1.91. The number of rotatable bonds is 6. The van der Waals surface area contributed by atoms with Crippen LogP contribution in [0.3, 0.4) is 0 Å². The first-order chi connectivity index (χ1) is 9.08. The molecule has 0 saturated heterocycles. The van der Waals surface area contributed by atoms with Crippen molar-refractivity contribution in [2.24, 2.45) is 12.8 Å². The third-order valence-corrected chi connectivity index (χ3v) is 3.18. The van der Waals surface area contributed by atoms with Gasteiger partial charge in [0.2, 0.25) is 11.7 Å². The lowest BCUT2D eigenvalue weighted by Crippen LogP contribution is -2.14. The quantitative estimate of drug-likeness (QED) is 0.862. The second kappa shape index (κ2) is 5.97. The van der Waals surface area contributed by atoms with Crippen molar-refractivity contribution in [3.8, 4) is 11.6 Å². The fourth-order valence-electron chi connectivity index (χ4n) is 1.98. The smallest absolute Gasteiger partial charge is 0.238 e. The molecule has 0 aliphatic heterocycles. The van der Waals surface area contributed by atoms with Crippen LogP contribution in [-0.4, -0.2) is 25.7 Å². The minimum Gasteiger partial charge on any atom is -0.339 e. The van der Waals surface area contributed by atoms with Crippen LogP contribution in [-0.2, 0) is 7.05 Å². The molecule has 0 bridgehead atoms. The van der Waals surface area contributed by atoms with Crippen LogP contribution in [0.15, 0.2) is 16.9 Å². The minimum absolute atomic E-state index is 0.248. The molecular formula is C13H21N5O. The average molecular weight is 263 g/mol. The van der Waals surface area contributed by atoms with Crippen LogP contribution >= 0.6 is 0 Å². The van der Waals surface area contributed by atoms with E-state index in [1.54, 1.807) is 6.20 Å². The van der Waals surface area contributed by atoms with Crippen molar-refractivity contribution in [1.82, 2.24) is 19.7 Å². The lowest BCUT2D eigenvalue weighted by molar-refractivity contribution is 0.349. The van der Waals surface area contributed by atoms with Gasteiger partial charge in [0.1, 0.15) is 0 Å². The highest BCUT2D eigenvalue weighted by Crippen LogP contribution is 2.22. The summed E-state index contributed by atoms with van der Waals surface area (Å²) in [4.78, 5) is 8.62. The molecule has 19 heavy (non-hydrogen) atoms. The molecule has 0 radical (unpaired) electrons. The summed E-state index contributed by atoms with van der Waals surface area (Å²) >= 11 is 0. The van der Waals surface area contributed by atoms with Crippen LogP contribution < -0.4 is 5.73 Å². The van der Waals surface area contributed by atoms with Crippen molar-refractivity contribution in [3.63, 3.8) is 0 Å². The van der Waals surface area contributed by atoms with E-state index in [-0.39, 0.29) is 12.0 Å². The largest absolute Gasteiger partial charge is 0.339 e. The van der Waals surface area contributed by atoms with Crippen molar-refractivity contribution < 1.29 is 4.52 Å². The molecule has 0 aromatic carbocycles. The normalized spacial score (nSPS) is 14.5. The summed E-state index contributed by atoms with van der Waals surface area (Å²) in [5, 5.41) is 3.99. The van der Waals surface area contributed by atoms with Crippen molar-refractivity contribution in [3.05, 3.63) is 18.3 Å². The standard InChI is InChI=1S/C13H21N5O/c1-9(5-4-6-10(2)14)13-16-11(17-19-13)12-15-7-8-18(12)3/h7-10H,4-6,14H2,1-3H3. The van der Waals surface area contributed by atoms with E-state index in [9.17, 15) is 0 Å². The molecule has 2 aromatic rings. The van der Waals surface area contributed by atoms with Gasteiger partial charge in [0.15, 0.2) is 5.82 Å². The van der Waals surface area contributed by atoms with E-state index in [1.807, 2.05) is 24.7 Å². The predicted molar refractivity (Wildman–Crippen MR) is 72.4 cm³/mol. The zero-order chi connectivity index (χ0) is 13.8. The zero-order valence-corrected chi connectivity index (χ0v) is 11.7. The highest BCUT2D eigenvalue weighted by molar-refractivity contribution is 5.42. The average Bonchev–Trinajstić information content (AvgIpc) is 2.96. The Morgan fingerprint density at radius 1 is 1.37 bits per heavy atom. The summed E-state index contributed by atoms with van der Waals surface area (Å²) in [6, 6.07) is 0.248. The molecule has 0 aliphatic rings. The van der Waals surface area contributed by atoms with Gasteiger partial charge in [-0.3, -0.25) is 0 Å². The number of aromatic nitrogens is 4. The topological polar surface area (TPSA) is 82.8 Å². The summed E-state index contributed by atoms with van der Waals surface area (Å²) < 4.78 is 7.19. The monoisotopic (exact) mass is 263 g/mol. The van der Waals surface area contributed by atoms with E-state index in [0.29, 0.717) is 11.7 Å². The SMILES string of the molecule is CC(N)CCCC(C)c1nc(-c2nccn2C)no1. The summed E-state index contributed by atoms with van der Waals surface area (Å²) in [6.45, 7) is 4.12. The highest BCUT2D eigenvalue weighted by atomic mass is 16.5. The van der Waals surface area contributed by atoms with E-state index in [2.05, 4.69) is 22.0 Å². The number of nitrogens with zero attached hydrogens (tertiary/aromatic N) is 4. The van der Waals surface area contributed by atoms with Crippen molar-refractivity contribution in [2.75, 3.05) is 0 Å². The molecular weight excluding hydrogens is 242 g/mol.